The van der Waals surface area contributed by atoms with Gasteiger partial charge in [-0.3, -0.25) is 14.4 Å². The molecule has 8 nitrogen and oxygen atoms in total. The zero-order valence-corrected chi connectivity index (χ0v) is 14.5. The molecule has 0 saturated heterocycles. The molecule has 0 unspecified atom stereocenters. The zero-order valence-electron chi connectivity index (χ0n) is 14.5. The molecule has 4 N–H and O–H groups in total. The van der Waals surface area contributed by atoms with E-state index in [1.807, 2.05) is 27.7 Å². The Morgan fingerprint density at radius 3 is 2.38 bits per heavy atom. The summed E-state index contributed by atoms with van der Waals surface area (Å²) in [6.45, 7) is 7.60. The van der Waals surface area contributed by atoms with Crippen LogP contribution in [0.3, 0.4) is 0 Å². The summed E-state index contributed by atoms with van der Waals surface area (Å²) in [7, 11) is 0. The molecule has 0 bridgehead atoms. The van der Waals surface area contributed by atoms with Gasteiger partial charge in [0.05, 0.1) is 6.20 Å². The number of rotatable bonds is 9. The van der Waals surface area contributed by atoms with Crippen LogP contribution < -0.4 is 16.4 Å². The fourth-order valence-corrected chi connectivity index (χ4v) is 2.25. The molecule has 0 saturated carbocycles. The summed E-state index contributed by atoms with van der Waals surface area (Å²) >= 11 is 0. The first-order valence-corrected chi connectivity index (χ1v) is 8.07. The monoisotopic (exact) mass is 338 g/mol. The summed E-state index contributed by atoms with van der Waals surface area (Å²) in [5.74, 6) is -1.50. The van der Waals surface area contributed by atoms with Gasteiger partial charge in [0.1, 0.15) is 12.1 Å². The second-order valence-electron chi connectivity index (χ2n) is 6.31. The average Bonchev–Trinajstić information content (AvgIpc) is 3.04. The van der Waals surface area contributed by atoms with Gasteiger partial charge in [-0.05, 0) is 18.3 Å². The third-order valence-corrected chi connectivity index (χ3v) is 3.81. The summed E-state index contributed by atoms with van der Waals surface area (Å²) in [5, 5.41) is 8.73. The van der Waals surface area contributed by atoms with E-state index in [9.17, 15) is 14.4 Å². The standard InChI is InChI=1S/C16H26N4O4/c1-5-10(4)13(14(17)21)20-15(22)11(8-9(2)3)19-16(23)12-6-7-18-24-12/h6-7,9-11,13H,5,8H2,1-4H3,(H2,17,21)(H,19,23)(H,20,22)/t10-,11-,13-/m0/s1. The lowest BCUT2D eigenvalue weighted by atomic mass is 9.97. The molecule has 0 aliphatic rings. The molecule has 0 aliphatic carbocycles. The summed E-state index contributed by atoms with van der Waals surface area (Å²) in [5.41, 5.74) is 5.38. The van der Waals surface area contributed by atoms with Gasteiger partial charge in [0, 0.05) is 6.07 Å². The first-order valence-electron chi connectivity index (χ1n) is 8.07. The number of carbonyl (C=O) groups is 3. The van der Waals surface area contributed by atoms with Crippen LogP contribution in [0, 0.1) is 11.8 Å². The highest BCUT2D eigenvalue weighted by molar-refractivity contribution is 5.96. The Morgan fingerprint density at radius 2 is 1.92 bits per heavy atom. The molecule has 1 aromatic rings. The van der Waals surface area contributed by atoms with E-state index >= 15 is 0 Å². The van der Waals surface area contributed by atoms with Crippen molar-refractivity contribution in [2.75, 3.05) is 0 Å². The SMILES string of the molecule is CC[C@H](C)[C@H](NC(=O)[C@H](CC(C)C)NC(=O)c1ccno1)C(N)=O. The van der Waals surface area contributed by atoms with Crippen LogP contribution in [-0.4, -0.2) is 35.0 Å². The van der Waals surface area contributed by atoms with E-state index in [2.05, 4.69) is 15.8 Å². The number of nitrogens with zero attached hydrogens (tertiary/aromatic N) is 1. The average molecular weight is 338 g/mol. The number of amides is 3. The lowest BCUT2D eigenvalue weighted by Gasteiger charge is -2.25. The van der Waals surface area contributed by atoms with Gasteiger partial charge in [-0.1, -0.05) is 39.3 Å². The zero-order chi connectivity index (χ0) is 18.3. The third kappa shape index (κ3) is 5.68. The van der Waals surface area contributed by atoms with Gasteiger partial charge in [0.25, 0.3) is 5.91 Å². The van der Waals surface area contributed by atoms with E-state index in [-0.39, 0.29) is 17.6 Å². The van der Waals surface area contributed by atoms with E-state index in [0.29, 0.717) is 12.8 Å². The third-order valence-electron chi connectivity index (χ3n) is 3.81. The fraction of sp³-hybridized carbons (Fsp3) is 0.625. The molecule has 1 heterocycles. The van der Waals surface area contributed by atoms with E-state index in [0.717, 1.165) is 0 Å². The summed E-state index contributed by atoms with van der Waals surface area (Å²) in [4.78, 5) is 36.2. The Hall–Kier alpha value is -2.38. The van der Waals surface area contributed by atoms with Gasteiger partial charge in [-0.2, -0.15) is 0 Å². The maximum absolute atomic E-state index is 12.5. The molecule has 24 heavy (non-hydrogen) atoms. The first-order chi connectivity index (χ1) is 11.3. The lowest BCUT2D eigenvalue weighted by molar-refractivity contribution is -0.129. The summed E-state index contributed by atoms with van der Waals surface area (Å²) in [6.07, 6.45) is 2.45. The molecule has 0 aromatic carbocycles. The van der Waals surface area contributed by atoms with E-state index < -0.39 is 29.8 Å². The Kier molecular flexibility index (Phi) is 7.41. The van der Waals surface area contributed by atoms with Crippen LogP contribution in [0.5, 0.6) is 0 Å². The van der Waals surface area contributed by atoms with Gasteiger partial charge < -0.3 is 20.9 Å². The highest BCUT2D eigenvalue weighted by atomic mass is 16.5. The molecule has 1 rings (SSSR count). The van der Waals surface area contributed by atoms with Crippen molar-refractivity contribution >= 4 is 17.7 Å². The first kappa shape index (κ1) is 19.7. The molecule has 3 amide bonds. The number of nitrogens with two attached hydrogens (primary N) is 1. The normalized spacial score (nSPS) is 14.7. The van der Waals surface area contributed by atoms with Crippen molar-refractivity contribution in [3.05, 3.63) is 18.0 Å². The number of hydrogen-bond acceptors (Lipinski definition) is 5. The van der Waals surface area contributed by atoms with Crippen molar-refractivity contribution in [2.24, 2.45) is 17.6 Å². The van der Waals surface area contributed by atoms with Crippen LogP contribution in [0.4, 0.5) is 0 Å². The van der Waals surface area contributed by atoms with Gasteiger partial charge in [-0.15, -0.1) is 0 Å². The number of aromatic nitrogens is 1. The fourth-order valence-electron chi connectivity index (χ4n) is 2.25. The van der Waals surface area contributed by atoms with Crippen LogP contribution in [0.25, 0.3) is 0 Å². The van der Waals surface area contributed by atoms with Crippen LogP contribution in [0.1, 0.15) is 51.1 Å². The van der Waals surface area contributed by atoms with Crippen molar-refractivity contribution in [3.8, 4) is 0 Å². The van der Waals surface area contributed by atoms with Crippen molar-refractivity contribution in [1.82, 2.24) is 15.8 Å². The van der Waals surface area contributed by atoms with Crippen LogP contribution in [0.2, 0.25) is 0 Å². The van der Waals surface area contributed by atoms with Gasteiger partial charge in [0.15, 0.2) is 0 Å². The summed E-state index contributed by atoms with van der Waals surface area (Å²) in [6, 6.07) is -0.168. The van der Waals surface area contributed by atoms with Gasteiger partial charge in [0.2, 0.25) is 17.6 Å². The topological polar surface area (TPSA) is 127 Å². The number of hydrogen-bond donors (Lipinski definition) is 3. The number of carbonyl (C=O) groups excluding carboxylic acids is 3. The Labute approximate surface area is 141 Å². The number of nitrogens with one attached hydrogen (secondary N) is 2. The molecule has 134 valence electrons. The minimum Gasteiger partial charge on any atom is -0.368 e. The molecule has 1 aromatic heterocycles. The largest absolute Gasteiger partial charge is 0.368 e. The molecule has 0 spiro atoms. The van der Waals surface area contributed by atoms with E-state index in [1.54, 1.807) is 0 Å². The van der Waals surface area contributed by atoms with Gasteiger partial charge >= 0.3 is 0 Å². The minimum absolute atomic E-state index is 0.0185. The molecule has 8 heteroatoms. The number of primary amides is 1. The maximum Gasteiger partial charge on any atom is 0.290 e. The highest BCUT2D eigenvalue weighted by Crippen LogP contribution is 2.11. The Bertz CT molecular complexity index is 556. The van der Waals surface area contributed by atoms with E-state index in [1.165, 1.54) is 12.3 Å². The second kappa shape index (κ2) is 9.05. The molecule has 0 aliphatic heterocycles. The molecule has 3 atom stereocenters. The van der Waals surface area contributed by atoms with Crippen molar-refractivity contribution in [2.45, 2.75) is 52.6 Å². The van der Waals surface area contributed by atoms with Crippen LogP contribution in [0.15, 0.2) is 16.8 Å². The second-order valence-corrected chi connectivity index (χ2v) is 6.31. The molecular weight excluding hydrogens is 312 g/mol. The lowest BCUT2D eigenvalue weighted by Crippen LogP contribution is -2.55. The molecule has 0 radical (unpaired) electrons. The predicted molar refractivity (Wildman–Crippen MR) is 87.8 cm³/mol. The van der Waals surface area contributed by atoms with Crippen LogP contribution in [-0.2, 0) is 9.59 Å². The quantitative estimate of drug-likeness (QED) is 0.614. The summed E-state index contributed by atoms with van der Waals surface area (Å²) < 4.78 is 4.79. The Morgan fingerprint density at radius 1 is 1.25 bits per heavy atom. The maximum atomic E-state index is 12.5. The van der Waals surface area contributed by atoms with Crippen molar-refractivity contribution in [1.29, 1.82) is 0 Å². The van der Waals surface area contributed by atoms with Crippen molar-refractivity contribution < 1.29 is 18.9 Å². The van der Waals surface area contributed by atoms with Crippen molar-refractivity contribution in [3.63, 3.8) is 0 Å². The van der Waals surface area contributed by atoms with Gasteiger partial charge in [-0.25, -0.2) is 0 Å². The minimum atomic E-state index is -0.798. The van der Waals surface area contributed by atoms with Crippen LogP contribution >= 0.6 is 0 Å². The molecule has 0 fully saturated rings. The predicted octanol–water partition coefficient (Wildman–Crippen LogP) is 0.835. The Balaban J connectivity index is 2.84. The molecular formula is C16H26N4O4. The smallest absolute Gasteiger partial charge is 0.290 e. The highest BCUT2D eigenvalue weighted by Gasteiger charge is 2.29. The van der Waals surface area contributed by atoms with E-state index in [4.69, 9.17) is 10.3 Å².